The molecule has 0 aliphatic heterocycles. The van der Waals surface area contributed by atoms with Crippen LogP contribution in [-0.4, -0.2) is 16.7 Å². The van der Waals surface area contributed by atoms with Gasteiger partial charge in [0, 0.05) is 22.9 Å². The maximum absolute atomic E-state index is 13.8. The number of primary amides is 1. The summed E-state index contributed by atoms with van der Waals surface area (Å²) in [7, 11) is 0. The van der Waals surface area contributed by atoms with Crippen molar-refractivity contribution in [2.24, 2.45) is 23.0 Å². The number of aromatic nitrogens is 1. The molecule has 1 aromatic carbocycles. The second kappa shape index (κ2) is 6.71. The summed E-state index contributed by atoms with van der Waals surface area (Å²) in [6, 6.07) is 6.87. The minimum atomic E-state index is -0.670. The number of halogens is 1. The number of carbonyl (C=O) groups is 1. The molecule has 5 heteroatoms. The quantitative estimate of drug-likeness (QED) is 0.755. The van der Waals surface area contributed by atoms with Crippen LogP contribution in [0.5, 0.6) is 0 Å². The first-order valence-corrected chi connectivity index (χ1v) is 10.2. The van der Waals surface area contributed by atoms with Gasteiger partial charge < -0.3 is 10.5 Å². The van der Waals surface area contributed by atoms with Crippen molar-refractivity contribution in [1.29, 1.82) is 0 Å². The van der Waals surface area contributed by atoms with Gasteiger partial charge >= 0.3 is 6.09 Å². The van der Waals surface area contributed by atoms with Gasteiger partial charge in [-0.2, -0.15) is 0 Å². The van der Waals surface area contributed by atoms with Crippen LogP contribution in [0.1, 0.15) is 64.4 Å². The molecule has 2 unspecified atom stereocenters. The summed E-state index contributed by atoms with van der Waals surface area (Å²) in [5, 5.41) is 0.929. The third-order valence-corrected chi connectivity index (χ3v) is 7.03. The van der Waals surface area contributed by atoms with Gasteiger partial charge in [-0.15, -0.1) is 0 Å². The summed E-state index contributed by atoms with van der Waals surface area (Å²) >= 11 is 0. The van der Waals surface area contributed by atoms with Gasteiger partial charge in [-0.05, 0) is 73.8 Å². The van der Waals surface area contributed by atoms with Gasteiger partial charge in [-0.25, -0.2) is 9.18 Å². The molecule has 2 aliphatic rings. The monoisotopic (exact) mass is 384 g/mol. The minimum Gasteiger partial charge on any atom is -0.442 e. The highest BCUT2D eigenvalue weighted by molar-refractivity contribution is 5.82. The van der Waals surface area contributed by atoms with Crippen molar-refractivity contribution >= 4 is 17.0 Å². The molecule has 28 heavy (non-hydrogen) atoms. The number of hydrogen-bond donors (Lipinski definition) is 1. The Hall–Kier alpha value is -2.17. The average molecular weight is 384 g/mol. The lowest BCUT2D eigenvalue weighted by atomic mass is 9.73. The molecule has 2 aliphatic carbocycles. The van der Waals surface area contributed by atoms with Crippen molar-refractivity contribution in [2.45, 2.75) is 64.4 Å². The van der Waals surface area contributed by atoms with E-state index in [9.17, 15) is 9.18 Å². The highest BCUT2D eigenvalue weighted by Gasteiger charge is 2.66. The number of rotatable bonds is 3. The standard InChI is InChI=1S/C23H29FN2O2/c1-22(2,3)23(28-21(25)27)13-19(23)15-6-4-14(5-7-15)17-10-11-26-20-9-8-16(24)12-18(17)20/h8-12,14-15,19H,4-7,13H2,1-3H3,(H2,25,27). The fraction of sp³-hybridized carbons (Fsp3) is 0.565. The van der Waals surface area contributed by atoms with E-state index in [4.69, 9.17) is 10.5 Å². The Balaban J connectivity index is 1.49. The Labute approximate surface area is 165 Å². The number of pyridine rings is 1. The molecule has 2 saturated carbocycles. The predicted octanol–water partition coefficient (Wildman–Crippen LogP) is 5.55. The van der Waals surface area contributed by atoms with Gasteiger partial charge in [0.25, 0.3) is 0 Å². The third-order valence-electron chi connectivity index (χ3n) is 7.03. The van der Waals surface area contributed by atoms with E-state index in [1.54, 1.807) is 12.1 Å². The second-order valence-electron chi connectivity index (χ2n) is 9.54. The van der Waals surface area contributed by atoms with Gasteiger partial charge in [0.2, 0.25) is 0 Å². The van der Waals surface area contributed by atoms with Crippen LogP contribution in [0.15, 0.2) is 30.5 Å². The number of fused-ring (bicyclic) bond motifs is 1. The number of carbonyl (C=O) groups excluding carboxylic acids is 1. The minimum absolute atomic E-state index is 0.123. The lowest BCUT2D eigenvalue weighted by Gasteiger charge is -2.35. The molecule has 2 N–H and O–H groups in total. The first-order chi connectivity index (χ1) is 13.2. The van der Waals surface area contributed by atoms with E-state index in [1.807, 2.05) is 12.3 Å². The van der Waals surface area contributed by atoms with Crippen LogP contribution in [0.2, 0.25) is 0 Å². The molecule has 1 heterocycles. The Kier molecular flexibility index (Phi) is 4.59. The largest absolute Gasteiger partial charge is 0.442 e. The van der Waals surface area contributed by atoms with E-state index < -0.39 is 11.7 Å². The maximum Gasteiger partial charge on any atom is 0.405 e. The zero-order valence-electron chi connectivity index (χ0n) is 16.9. The Bertz CT molecular complexity index is 899. The van der Waals surface area contributed by atoms with E-state index in [0.717, 1.165) is 43.0 Å². The van der Waals surface area contributed by atoms with Crippen molar-refractivity contribution in [1.82, 2.24) is 4.98 Å². The molecular formula is C23H29FN2O2. The summed E-state index contributed by atoms with van der Waals surface area (Å²) < 4.78 is 19.4. The van der Waals surface area contributed by atoms with Crippen LogP contribution in [0, 0.1) is 23.1 Å². The fourth-order valence-electron chi connectivity index (χ4n) is 5.46. The summed E-state index contributed by atoms with van der Waals surface area (Å²) in [4.78, 5) is 15.9. The summed E-state index contributed by atoms with van der Waals surface area (Å²) in [6.07, 6.45) is 6.37. The maximum atomic E-state index is 13.8. The molecular weight excluding hydrogens is 355 g/mol. The number of hydrogen-bond acceptors (Lipinski definition) is 3. The lowest BCUT2D eigenvalue weighted by molar-refractivity contribution is -0.00662. The first-order valence-electron chi connectivity index (χ1n) is 10.2. The average Bonchev–Trinajstić information content (AvgIpc) is 3.36. The highest BCUT2D eigenvalue weighted by atomic mass is 19.1. The second-order valence-corrected chi connectivity index (χ2v) is 9.54. The van der Waals surface area contributed by atoms with Crippen LogP contribution >= 0.6 is 0 Å². The van der Waals surface area contributed by atoms with E-state index in [-0.39, 0.29) is 11.2 Å². The zero-order valence-corrected chi connectivity index (χ0v) is 16.9. The number of benzene rings is 1. The molecule has 2 atom stereocenters. The lowest BCUT2D eigenvalue weighted by Crippen LogP contribution is -2.39. The molecule has 2 fully saturated rings. The SMILES string of the molecule is CC(C)(C)C1(OC(N)=O)CC1C1CCC(c2ccnc3ccc(F)cc23)CC1. The topological polar surface area (TPSA) is 65.2 Å². The van der Waals surface area contributed by atoms with Crippen molar-refractivity contribution in [3.8, 4) is 0 Å². The van der Waals surface area contributed by atoms with E-state index in [0.29, 0.717) is 17.8 Å². The highest BCUT2D eigenvalue weighted by Crippen LogP contribution is 2.63. The van der Waals surface area contributed by atoms with Crippen molar-refractivity contribution in [2.75, 3.05) is 0 Å². The molecule has 0 spiro atoms. The molecule has 0 radical (unpaired) electrons. The summed E-state index contributed by atoms with van der Waals surface area (Å²) in [5.41, 5.74) is 6.88. The van der Waals surface area contributed by atoms with Crippen LogP contribution in [0.3, 0.4) is 0 Å². The predicted molar refractivity (Wildman–Crippen MR) is 107 cm³/mol. The Morgan fingerprint density at radius 1 is 1.21 bits per heavy atom. The van der Waals surface area contributed by atoms with Gasteiger partial charge in [0.1, 0.15) is 11.4 Å². The fourth-order valence-corrected chi connectivity index (χ4v) is 5.46. The Morgan fingerprint density at radius 3 is 2.57 bits per heavy atom. The number of amides is 1. The zero-order chi connectivity index (χ0) is 20.1. The van der Waals surface area contributed by atoms with Gasteiger partial charge in [-0.1, -0.05) is 20.8 Å². The number of nitrogens with two attached hydrogens (primary N) is 1. The van der Waals surface area contributed by atoms with Gasteiger partial charge in [0.05, 0.1) is 5.52 Å². The van der Waals surface area contributed by atoms with Crippen LogP contribution in [-0.2, 0) is 4.74 Å². The molecule has 2 aromatic rings. The summed E-state index contributed by atoms with van der Waals surface area (Å²) in [6.45, 7) is 6.37. The molecule has 4 rings (SSSR count). The van der Waals surface area contributed by atoms with Crippen LogP contribution in [0.25, 0.3) is 10.9 Å². The van der Waals surface area contributed by atoms with Crippen molar-refractivity contribution in [3.05, 3.63) is 41.8 Å². The molecule has 0 saturated heterocycles. The third kappa shape index (κ3) is 3.25. The molecule has 1 aromatic heterocycles. The van der Waals surface area contributed by atoms with Crippen molar-refractivity contribution in [3.63, 3.8) is 0 Å². The molecule has 1 amide bonds. The summed E-state index contributed by atoms with van der Waals surface area (Å²) in [5.74, 6) is 1.13. The smallest absolute Gasteiger partial charge is 0.405 e. The van der Waals surface area contributed by atoms with E-state index in [1.165, 1.54) is 11.6 Å². The van der Waals surface area contributed by atoms with Gasteiger partial charge in [-0.3, -0.25) is 4.98 Å². The van der Waals surface area contributed by atoms with Crippen LogP contribution in [0.4, 0.5) is 9.18 Å². The first kappa shape index (κ1) is 19.2. The number of ether oxygens (including phenoxy) is 1. The van der Waals surface area contributed by atoms with E-state index >= 15 is 0 Å². The normalized spacial score (nSPS) is 30.2. The molecule has 0 bridgehead atoms. The van der Waals surface area contributed by atoms with Gasteiger partial charge in [0.15, 0.2) is 0 Å². The molecule has 150 valence electrons. The van der Waals surface area contributed by atoms with Crippen LogP contribution < -0.4 is 5.73 Å². The molecule has 4 nitrogen and oxygen atoms in total. The number of nitrogens with zero attached hydrogens (tertiary/aromatic N) is 1. The van der Waals surface area contributed by atoms with Crippen molar-refractivity contribution < 1.29 is 13.9 Å². The Morgan fingerprint density at radius 2 is 1.93 bits per heavy atom. The van der Waals surface area contributed by atoms with E-state index in [2.05, 4.69) is 25.8 Å².